The highest BCUT2D eigenvalue weighted by atomic mass is 35.5. The van der Waals surface area contributed by atoms with Gasteiger partial charge < -0.3 is 10.5 Å². The summed E-state index contributed by atoms with van der Waals surface area (Å²) in [6.07, 6.45) is 2.47. The summed E-state index contributed by atoms with van der Waals surface area (Å²) < 4.78 is 5.24. The number of hydrogen-bond acceptors (Lipinski definition) is 3. The predicted octanol–water partition coefficient (Wildman–Crippen LogP) is 2.52. The molecule has 1 aromatic carbocycles. The number of ether oxygens (including phenoxy) is 1. The van der Waals surface area contributed by atoms with Gasteiger partial charge in [0.15, 0.2) is 0 Å². The smallest absolute Gasteiger partial charge is 0.119 e. The first-order valence-corrected chi connectivity index (χ1v) is 6.85. The number of halogens is 1. The van der Waals surface area contributed by atoms with Crippen LogP contribution in [0.25, 0.3) is 0 Å². The average molecular weight is 269 g/mol. The van der Waals surface area contributed by atoms with Crippen molar-refractivity contribution < 1.29 is 4.74 Å². The van der Waals surface area contributed by atoms with Gasteiger partial charge in [-0.25, -0.2) is 0 Å². The van der Waals surface area contributed by atoms with E-state index in [-0.39, 0.29) is 0 Å². The lowest BCUT2D eigenvalue weighted by Gasteiger charge is -2.32. The Morgan fingerprint density at radius 2 is 2.33 bits per heavy atom. The highest BCUT2D eigenvalue weighted by molar-refractivity contribution is 6.31. The summed E-state index contributed by atoms with van der Waals surface area (Å²) in [6, 6.07) is 5.82. The molecule has 0 bridgehead atoms. The Morgan fingerprint density at radius 1 is 1.50 bits per heavy atom. The maximum absolute atomic E-state index is 6.24. The fourth-order valence-corrected chi connectivity index (χ4v) is 2.70. The molecule has 1 aromatic rings. The van der Waals surface area contributed by atoms with E-state index in [9.17, 15) is 0 Å². The van der Waals surface area contributed by atoms with Gasteiger partial charge in [-0.1, -0.05) is 11.6 Å². The molecule has 3 nitrogen and oxygen atoms in total. The minimum atomic E-state index is 0.628. The minimum Gasteiger partial charge on any atom is -0.497 e. The maximum atomic E-state index is 6.24. The topological polar surface area (TPSA) is 38.5 Å². The number of hydrogen-bond donors (Lipinski definition) is 1. The van der Waals surface area contributed by atoms with E-state index in [0.29, 0.717) is 5.92 Å². The number of benzene rings is 1. The lowest BCUT2D eigenvalue weighted by atomic mass is 9.98. The SMILES string of the molecule is COc1ccc(Cl)c(CN2CCCC(CN)C2)c1. The molecule has 1 fully saturated rings. The average Bonchev–Trinajstić information content (AvgIpc) is 2.41. The Balaban J connectivity index is 2.04. The van der Waals surface area contributed by atoms with E-state index >= 15 is 0 Å². The van der Waals surface area contributed by atoms with Crippen molar-refractivity contribution >= 4 is 11.6 Å². The molecule has 0 spiro atoms. The molecule has 1 atom stereocenters. The van der Waals surface area contributed by atoms with Crippen molar-refractivity contribution in [2.75, 3.05) is 26.7 Å². The normalized spacial score (nSPS) is 20.9. The fraction of sp³-hybridized carbons (Fsp3) is 0.571. The van der Waals surface area contributed by atoms with Gasteiger partial charge in [0.05, 0.1) is 7.11 Å². The van der Waals surface area contributed by atoms with Crippen LogP contribution < -0.4 is 10.5 Å². The van der Waals surface area contributed by atoms with Gasteiger partial charge in [0, 0.05) is 18.1 Å². The van der Waals surface area contributed by atoms with E-state index < -0.39 is 0 Å². The highest BCUT2D eigenvalue weighted by Crippen LogP contribution is 2.25. The molecule has 0 aliphatic carbocycles. The third-order valence-electron chi connectivity index (χ3n) is 3.58. The molecule has 1 aliphatic heterocycles. The summed E-state index contributed by atoms with van der Waals surface area (Å²) >= 11 is 6.24. The lowest BCUT2D eigenvalue weighted by Crippen LogP contribution is -2.37. The minimum absolute atomic E-state index is 0.628. The van der Waals surface area contributed by atoms with Crippen molar-refractivity contribution in [1.82, 2.24) is 4.90 Å². The van der Waals surface area contributed by atoms with E-state index in [4.69, 9.17) is 22.1 Å². The molecule has 0 radical (unpaired) electrons. The van der Waals surface area contributed by atoms with Crippen molar-refractivity contribution in [3.63, 3.8) is 0 Å². The number of rotatable bonds is 4. The van der Waals surface area contributed by atoms with Gasteiger partial charge in [-0.15, -0.1) is 0 Å². The van der Waals surface area contributed by atoms with Gasteiger partial charge in [0.1, 0.15) is 5.75 Å². The molecule has 1 heterocycles. The number of nitrogens with two attached hydrogens (primary N) is 1. The molecule has 2 N–H and O–H groups in total. The fourth-order valence-electron chi connectivity index (χ4n) is 2.53. The van der Waals surface area contributed by atoms with E-state index in [1.807, 2.05) is 18.2 Å². The van der Waals surface area contributed by atoms with E-state index in [0.717, 1.165) is 42.5 Å². The van der Waals surface area contributed by atoms with Crippen LogP contribution in [0.4, 0.5) is 0 Å². The molecule has 1 saturated heterocycles. The Kier molecular flexibility index (Phi) is 4.87. The van der Waals surface area contributed by atoms with Gasteiger partial charge in [-0.2, -0.15) is 0 Å². The van der Waals surface area contributed by atoms with Crippen LogP contribution in [0.1, 0.15) is 18.4 Å². The first-order chi connectivity index (χ1) is 8.72. The molecule has 1 unspecified atom stereocenters. The summed E-state index contributed by atoms with van der Waals surface area (Å²) in [5.41, 5.74) is 6.89. The second-order valence-corrected chi connectivity index (χ2v) is 5.34. The van der Waals surface area contributed by atoms with Crippen LogP contribution in [0.5, 0.6) is 5.75 Å². The lowest BCUT2D eigenvalue weighted by molar-refractivity contribution is 0.171. The first-order valence-electron chi connectivity index (χ1n) is 6.47. The zero-order chi connectivity index (χ0) is 13.0. The largest absolute Gasteiger partial charge is 0.497 e. The van der Waals surface area contributed by atoms with Crippen LogP contribution in [0.15, 0.2) is 18.2 Å². The standard InChI is InChI=1S/C14H21ClN2O/c1-18-13-4-5-14(15)12(7-13)10-17-6-2-3-11(8-16)9-17/h4-5,7,11H,2-3,6,8-10,16H2,1H3. The predicted molar refractivity (Wildman–Crippen MR) is 75.1 cm³/mol. The molecular weight excluding hydrogens is 248 g/mol. The Morgan fingerprint density at radius 3 is 3.06 bits per heavy atom. The van der Waals surface area contributed by atoms with Gasteiger partial charge in [-0.3, -0.25) is 4.90 Å². The summed E-state index contributed by atoms with van der Waals surface area (Å²) in [7, 11) is 1.68. The number of piperidine rings is 1. The van der Waals surface area contributed by atoms with Crippen molar-refractivity contribution in [3.05, 3.63) is 28.8 Å². The van der Waals surface area contributed by atoms with Gasteiger partial charge in [-0.05, 0) is 55.6 Å². The monoisotopic (exact) mass is 268 g/mol. The van der Waals surface area contributed by atoms with E-state index in [1.54, 1.807) is 7.11 Å². The number of nitrogens with zero attached hydrogens (tertiary/aromatic N) is 1. The third kappa shape index (κ3) is 3.37. The maximum Gasteiger partial charge on any atom is 0.119 e. The molecule has 4 heteroatoms. The van der Waals surface area contributed by atoms with Crippen molar-refractivity contribution in [3.8, 4) is 5.75 Å². The summed E-state index contributed by atoms with van der Waals surface area (Å²) in [6.45, 7) is 3.86. The second kappa shape index (κ2) is 6.41. The highest BCUT2D eigenvalue weighted by Gasteiger charge is 2.19. The summed E-state index contributed by atoms with van der Waals surface area (Å²) in [4.78, 5) is 2.43. The zero-order valence-electron chi connectivity index (χ0n) is 10.9. The Labute approximate surface area is 114 Å². The second-order valence-electron chi connectivity index (χ2n) is 4.94. The van der Waals surface area contributed by atoms with Crippen molar-refractivity contribution in [2.45, 2.75) is 19.4 Å². The van der Waals surface area contributed by atoms with Gasteiger partial charge in [0.25, 0.3) is 0 Å². The first kappa shape index (κ1) is 13.7. The number of likely N-dealkylation sites (tertiary alicyclic amines) is 1. The summed E-state index contributed by atoms with van der Waals surface area (Å²) in [5, 5.41) is 0.811. The Hall–Kier alpha value is -0.770. The number of methoxy groups -OCH3 is 1. The van der Waals surface area contributed by atoms with E-state index in [1.165, 1.54) is 12.8 Å². The molecule has 0 amide bonds. The Bertz CT molecular complexity index is 397. The molecule has 1 aliphatic rings. The summed E-state index contributed by atoms with van der Waals surface area (Å²) in [5.74, 6) is 1.49. The van der Waals surface area contributed by atoms with Gasteiger partial charge in [0.2, 0.25) is 0 Å². The molecule has 100 valence electrons. The van der Waals surface area contributed by atoms with Gasteiger partial charge >= 0.3 is 0 Å². The van der Waals surface area contributed by atoms with Crippen LogP contribution in [-0.2, 0) is 6.54 Å². The van der Waals surface area contributed by atoms with Crippen LogP contribution >= 0.6 is 11.6 Å². The molecule has 0 aromatic heterocycles. The van der Waals surface area contributed by atoms with Crippen LogP contribution in [0.3, 0.4) is 0 Å². The van der Waals surface area contributed by atoms with Crippen molar-refractivity contribution in [2.24, 2.45) is 11.7 Å². The van der Waals surface area contributed by atoms with Crippen LogP contribution in [0, 0.1) is 5.92 Å². The van der Waals surface area contributed by atoms with E-state index in [2.05, 4.69) is 4.90 Å². The zero-order valence-corrected chi connectivity index (χ0v) is 11.6. The molecular formula is C14H21ClN2O. The quantitative estimate of drug-likeness (QED) is 0.912. The van der Waals surface area contributed by atoms with Crippen LogP contribution in [0.2, 0.25) is 5.02 Å². The van der Waals surface area contributed by atoms with Crippen LogP contribution in [-0.4, -0.2) is 31.6 Å². The molecule has 2 rings (SSSR count). The molecule has 18 heavy (non-hydrogen) atoms. The molecule has 0 saturated carbocycles. The van der Waals surface area contributed by atoms with Crippen molar-refractivity contribution in [1.29, 1.82) is 0 Å². The third-order valence-corrected chi connectivity index (χ3v) is 3.95.